The van der Waals surface area contributed by atoms with Gasteiger partial charge in [-0.05, 0) is 30.4 Å². The van der Waals surface area contributed by atoms with Crippen LogP contribution in [0.15, 0.2) is 24.3 Å². The fourth-order valence-corrected chi connectivity index (χ4v) is 2.92. The number of halogens is 1. The van der Waals surface area contributed by atoms with Gasteiger partial charge in [0, 0.05) is 6.04 Å². The molecule has 2 rings (SSSR count). The number of nitrogens with one attached hydrogen (secondary N) is 1. The second-order valence-corrected chi connectivity index (χ2v) is 6.32. The quantitative estimate of drug-likeness (QED) is 0.811. The second-order valence-electron chi connectivity index (χ2n) is 6.32. The van der Waals surface area contributed by atoms with Crippen molar-refractivity contribution in [3.8, 4) is 5.75 Å². The molecule has 1 amide bonds. The predicted molar refractivity (Wildman–Crippen MR) is 87.0 cm³/mol. The van der Waals surface area contributed by atoms with Gasteiger partial charge in [0.1, 0.15) is 0 Å². The summed E-state index contributed by atoms with van der Waals surface area (Å²) in [7, 11) is 0. The lowest BCUT2D eigenvalue weighted by Crippen LogP contribution is -2.45. The van der Waals surface area contributed by atoms with Crippen LogP contribution in [0.3, 0.4) is 0 Å². The van der Waals surface area contributed by atoms with Gasteiger partial charge in [-0.1, -0.05) is 38.8 Å². The molecule has 0 unspecified atom stereocenters. The molecule has 0 heterocycles. The fraction of sp³-hybridized carbons (Fsp3) is 0.556. The topological polar surface area (TPSA) is 64.6 Å². The van der Waals surface area contributed by atoms with Gasteiger partial charge in [0.25, 0.3) is 5.91 Å². The number of ether oxygens (including phenoxy) is 2. The molecule has 1 aliphatic rings. The van der Waals surface area contributed by atoms with Gasteiger partial charge < -0.3 is 14.8 Å². The van der Waals surface area contributed by atoms with Crippen LogP contribution >= 0.6 is 0 Å². The van der Waals surface area contributed by atoms with Crippen LogP contribution in [0.1, 0.15) is 33.1 Å². The van der Waals surface area contributed by atoms with Crippen molar-refractivity contribution in [2.45, 2.75) is 39.2 Å². The zero-order valence-electron chi connectivity index (χ0n) is 14.1. The maximum absolute atomic E-state index is 13.3. The van der Waals surface area contributed by atoms with Crippen molar-refractivity contribution in [3.05, 3.63) is 30.1 Å². The number of esters is 1. The summed E-state index contributed by atoms with van der Waals surface area (Å²) in [6.07, 6.45) is 3.21. The van der Waals surface area contributed by atoms with Crippen molar-refractivity contribution in [3.63, 3.8) is 0 Å². The Balaban J connectivity index is 1.69. The Kier molecular flexibility index (Phi) is 6.58. The van der Waals surface area contributed by atoms with Crippen LogP contribution in [-0.4, -0.2) is 31.1 Å². The molecule has 1 aliphatic carbocycles. The van der Waals surface area contributed by atoms with E-state index in [9.17, 15) is 14.0 Å². The zero-order valence-corrected chi connectivity index (χ0v) is 14.1. The van der Waals surface area contributed by atoms with E-state index in [4.69, 9.17) is 9.47 Å². The van der Waals surface area contributed by atoms with Crippen LogP contribution < -0.4 is 10.1 Å². The van der Waals surface area contributed by atoms with E-state index in [0.717, 1.165) is 12.8 Å². The van der Waals surface area contributed by atoms with E-state index in [0.29, 0.717) is 11.8 Å². The molecule has 1 aromatic rings. The second kappa shape index (κ2) is 8.66. The summed E-state index contributed by atoms with van der Waals surface area (Å²) in [5, 5.41) is 2.92. The number of rotatable bonds is 6. The maximum Gasteiger partial charge on any atom is 0.344 e. The molecule has 0 saturated heterocycles. The molecular formula is C18H24FNO4. The number of benzene rings is 1. The third kappa shape index (κ3) is 5.22. The van der Waals surface area contributed by atoms with E-state index in [2.05, 4.69) is 19.2 Å². The summed E-state index contributed by atoms with van der Waals surface area (Å²) < 4.78 is 23.2. The van der Waals surface area contributed by atoms with Crippen molar-refractivity contribution in [2.75, 3.05) is 13.2 Å². The first-order valence-electron chi connectivity index (χ1n) is 8.29. The number of amides is 1. The molecule has 1 fully saturated rings. The first kappa shape index (κ1) is 18.2. The van der Waals surface area contributed by atoms with Gasteiger partial charge in [-0.15, -0.1) is 0 Å². The van der Waals surface area contributed by atoms with Gasteiger partial charge in [-0.2, -0.15) is 0 Å². The number of carbonyl (C=O) groups excluding carboxylic acids is 2. The smallest absolute Gasteiger partial charge is 0.344 e. The number of hydrogen-bond acceptors (Lipinski definition) is 4. The number of carbonyl (C=O) groups is 2. The number of hydrogen-bond donors (Lipinski definition) is 1. The minimum atomic E-state index is -0.710. The summed E-state index contributed by atoms with van der Waals surface area (Å²) in [6.45, 7) is 3.52. The van der Waals surface area contributed by atoms with Crippen LogP contribution in [0.5, 0.6) is 5.75 Å². The van der Waals surface area contributed by atoms with E-state index >= 15 is 0 Å². The highest BCUT2D eigenvalue weighted by Gasteiger charge is 2.28. The Morgan fingerprint density at radius 1 is 1.21 bits per heavy atom. The normalized spacial score (nSPS) is 23.4. The van der Waals surface area contributed by atoms with Crippen LogP contribution in [0.2, 0.25) is 0 Å². The Morgan fingerprint density at radius 2 is 1.96 bits per heavy atom. The molecule has 1 N–H and O–H groups in total. The van der Waals surface area contributed by atoms with Crippen molar-refractivity contribution in [1.82, 2.24) is 5.32 Å². The van der Waals surface area contributed by atoms with Crippen LogP contribution in [0.4, 0.5) is 4.39 Å². The summed E-state index contributed by atoms with van der Waals surface area (Å²) >= 11 is 0. The molecule has 3 atom stereocenters. The zero-order chi connectivity index (χ0) is 17.5. The van der Waals surface area contributed by atoms with E-state index in [-0.39, 0.29) is 24.3 Å². The van der Waals surface area contributed by atoms with Crippen molar-refractivity contribution in [1.29, 1.82) is 0 Å². The Morgan fingerprint density at radius 3 is 2.71 bits per heavy atom. The highest BCUT2D eigenvalue weighted by molar-refractivity contribution is 5.81. The Hall–Kier alpha value is -2.11. The van der Waals surface area contributed by atoms with Gasteiger partial charge in [0.2, 0.25) is 0 Å². The van der Waals surface area contributed by atoms with Gasteiger partial charge in [0.15, 0.2) is 24.8 Å². The average molecular weight is 337 g/mol. The van der Waals surface area contributed by atoms with Crippen molar-refractivity contribution in [2.24, 2.45) is 11.8 Å². The average Bonchev–Trinajstić information content (AvgIpc) is 2.56. The van der Waals surface area contributed by atoms with Gasteiger partial charge in [-0.3, -0.25) is 4.79 Å². The van der Waals surface area contributed by atoms with E-state index in [1.165, 1.54) is 24.6 Å². The summed E-state index contributed by atoms with van der Waals surface area (Å²) in [5.41, 5.74) is 0. The monoisotopic (exact) mass is 337 g/mol. The minimum absolute atomic E-state index is 0.0241. The molecule has 0 aromatic heterocycles. The Bertz CT molecular complexity index is 578. The Labute approximate surface area is 141 Å². The molecule has 0 spiro atoms. The number of para-hydroxylation sites is 1. The van der Waals surface area contributed by atoms with E-state index in [1.54, 1.807) is 6.07 Å². The largest absolute Gasteiger partial charge is 0.479 e. The first-order chi connectivity index (χ1) is 11.5. The highest BCUT2D eigenvalue weighted by atomic mass is 19.1. The standard InChI is InChI=1S/C18H24FNO4/c1-12-6-5-8-15(13(12)2)20-17(21)10-24-18(22)11-23-16-9-4-3-7-14(16)19/h3-4,7,9,12-13,15H,5-6,8,10-11H2,1-2H3,(H,20,21)/t12-,13+,15+/m0/s1. The molecule has 0 aliphatic heterocycles. The van der Waals surface area contributed by atoms with Crippen molar-refractivity contribution >= 4 is 11.9 Å². The molecule has 0 bridgehead atoms. The summed E-state index contributed by atoms with van der Waals surface area (Å²) in [4.78, 5) is 23.5. The highest BCUT2D eigenvalue weighted by Crippen LogP contribution is 2.29. The molecule has 6 heteroatoms. The lowest BCUT2D eigenvalue weighted by atomic mass is 9.78. The lowest BCUT2D eigenvalue weighted by molar-refractivity contribution is -0.150. The van der Waals surface area contributed by atoms with Crippen molar-refractivity contribution < 1.29 is 23.5 Å². The molecule has 5 nitrogen and oxygen atoms in total. The third-order valence-electron chi connectivity index (χ3n) is 4.60. The SMILES string of the molecule is C[C@@H]1[C@@H](C)CCC[C@H]1NC(=O)COC(=O)COc1ccccc1F. The maximum atomic E-state index is 13.3. The fourth-order valence-electron chi connectivity index (χ4n) is 2.92. The van der Waals surface area contributed by atoms with E-state index < -0.39 is 18.4 Å². The van der Waals surface area contributed by atoms with Crippen LogP contribution in [0, 0.1) is 17.7 Å². The van der Waals surface area contributed by atoms with Crippen LogP contribution in [-0.2, 0) is 14.3 Å². The molecule has 1 aromatic carbocycles. The predicted octanol–water partition coefficient (Wildman–Crippen LogP) is 2.69. The molecule has 24 heavy (non-hydrogen) atoms. The van der Waals surface area contributed by atoms with Crippen LogP contribution in [0.25, 0.3) is 0 Å². The van der Waals surface area contributed by atoms with E-state index in [1.807, 2.05) is 0 Å². The van der Waals surface area contributed by atoms with Gasteiger partial charge in [-0.25, -0.2) is 9.18 Å². The molecule has 1 saturated carbocycles. The molecular weight excluding hydrogens is 313 g/mol. The van der Waals surface area contributed by atoms with Gasteiger partial charge in [0.05, 0.1) is 0 Å². The summed E-state index contributed by atoms with van der Waals surface area (Å²) in [5.74, 6) is -0.630. The minimum Gasteiger partial charge on any atom is -0.479 e. The third-order valence-corrected chi connectivity index (χ3v) is 4.60. The lowest BCUT2D eigenvalue weighted by Gasteiger charge is -2.34. The summed E-state index contributed by atoms with van der Waals surface area (Å²) in [6, 6.07) is 5.90. The van der Waals surface area contributed by atoms with Gasteiger partial charge >= 0.3 is 5.97 Å². The first-order valence-corrected chi connectivity index (χ1v) is 8.29. The molecule has 0 radical (unpaired) electrons. The molecule has 132 valence electrons.